The number of hydrogen-bond donors (Lipinski definition) is 0. The quantitative estimate of drug-likeness (QED) is 0.489. The average molecular weight is 152 g/mol. The Bertz CT molecular complexity index is 218. The molecular weight excluding hydrogens is 140 g/mol. The fourth-order valence-electron chi connectivity index (χ4n) is 2.09. The first-order valence-corrected chi connectivity index (χ1v) is 4.14. The van der Waals surface area contributed by atoms with Crippen molar-refractivity contribution in [2.24, 2.45) is 5.92 Å². The van der Waals surface area contributed by atoms with Crippen molar-refractivity contribution in [2.45, 2.75) is 25.9 Å². The van der Waals surface area contributed by atoms with Gasteiger partial charge >= 0.3 is 0 Å². The molecule has 1 aliphatic carbocycles. The van der Waals surface area contributed by atoms with Crippen molar-refractivity contribution in [3.63, 3.8) is 0 Å². The number of ketones is 1. The van der Waals surface area contributed by atoms with Crippen LogP contribution in [0.5, 0.6) is 0 Å². The molecule has 0 aromatic carbocycles. The van der Waals surface area contributed by atoms with Crippen molar-refractivity contribution >= 4 is 5.78 Å². The smallest absolute Gasteiger partial charge is 0.161 e. The van der Waals surface area contributed by atoms with E-state index >= 15 is 0 Å². The lowest BCUT2D eigenvalue weighted by molar-refractivity contribution is -0.115. The lowest BCUT2D eigenvalue weighted by atomic mass is 9.99. The van der Waals surface area contributed by atoms with E-state index in [2.05, 4.69) is 0 Å². The van der Waals surface area contributed by atoms with Gasteiger partial charge in [-0.05, 0) is 18.9 Å². The van der Waals surface area contributed by atoms with Crippen LogP contribution in [0.1, 0.15) is 19.8 Å². The van der Waals surface area contributed by atoms with Crippen molar-refractivity contribution in [3.8, 4) is 0 Å². The lowest BCUT2D eigenvalue weighted by Crippen LogP contribution is -2.07. The fourth-order valence-corrected chi connectivity index (χ4v) is 2.09. The van der Waals surface area contributed by atoms with Crippen LogP contribution in [0.25, 0.3) is 0 Å². The van der Waals surface area contributed by atoms with Crippen molar-refractivity contribution in [2.75, 3.05) is 6.61 Å². The number of allylic oxidation sites excluding steroid dienone is 1. The van der Waals surface area contributed by atoms with E-state index in [-0.39, 0.29) is 6.10 Å². The van der Waals surface area contributed by atoms with Gasteiger partial charge in [0.1, 0.15) is 0 Å². The van der Waals surface area contributed by atoms with Gasteiger partial charge in [0.05, 0.1) is 6.10 Å². The second-order valence-electron chi connectivity index (χ2n) is 3.18. The van der Waals surface area contributed by atoms with E-state index in [0.717, 1.165) is 18.6 Å². The first kappa shape index (κ1) is 7.04. The summed E-state index contributed by atoms with van der Waals surface area (Å²) in [4.78, 5) is 11.3. The summed E-state index contributed by atoms with van der Waals surface area (Å²) < 4.78 is 5.42. The van der Waals surface area contributed by atoms with Gasteiger partial charge in [0.2, 0.25) is 0 Å². The zero-order valence-corrected chi connectivity index (χ0v) is 6.67. The third-order valence-electron chi connectivity index (χ3n) is 2.63. The van der Waals surface area contributed by atoms with Gasteiger partial charge < -0.3 is 4.74 Å². The van der Waals surface area contributed by atoms with E-state index < -0.39 is 0 Å². The highest BCUT2D eigenvalue weighted by molar-refractivity contribution is 5.98. The molecule has 2 nitrogen and oxygen atoms in total. The maximum Gasteiger partial charge on any atom is 0.161 e. The van der Waals surface area contributed by atoms with Gasteiger partial charge in [-0.3, -0.25) is 4.79 Å². The van der Waals surface area contributed by atoms with Gasteiger partial charge in [-0.1, -0.05) is 6.08 Å². The Balaban J connectivity index is 2.27. The first-order valence-electron chi connectivity index (χ1n) is 4.14. The van der Waals surface area contributed by atoms with Crippen LogP contribution in [0.4, 0.5) is 0 Å². The molecule has 2 heteroatoms. The zero-order valence-electron chi connectivity index (χ0n) is 6.67. The van der Waals surface area contributed by atoms with Crippen molar-refractivity contribution in [1.29, 1.82) is 0 Å². The van der Waals surface area contributed by atoms with Crippen LogP contribution in [0.3, 0.4) is 0 Å². The standard InChI is InChI=1S/C9H12O2/c1-2-6-7-3-4-11-9(7)5-8(6)10/h2,7,9H,3-5H2,1H3/b6-2-/t7-,9-/m1/s1. The summed E-state index contributed by atoms with van der Waals surface area (Å²) in [5, 5.41) is 0. The normalized spacial score (nSPS) is 40.1. The minimum absolute atomic E-state index is 0.216. The largest absolute Gasteiger partial charge is 0.377 e. The van der Waals surface area contributed by atoms with Gasteiger partial charge in [0.25, 0.3) is 0 Å². The topological polar surface area (TPSA) is 26.3 Å². The summed E-state index contributed by atoms with van der Waals surface area (Å²) in [6.45, 7) is 2.77. The van der Waals surface area contributed by atoms with Gasteiger partial charge in [-0.25, -0.2) is 0 Å². The molecule has 0 aromatic heterocycles. The number of carbonyl (C=O) groups is 1. The molecule has 11 heavy (non-hydrogen) atoms. The molecule has 1 aliphatic heterocycles. The minimum atomic E-state index is 0.216. The molecule has 0 radical (unpaired) electrons. The van der Waals surface area contributed by atoms with Crippen molar-refractivity contribution in [1.82, 2.24) is 0 Å². The molecule has 1 heterocycles. The van der Waals surface area contributed by atoms with Crippen molar-refractivity contribution in [3.05, 3.63) is 11.6 Å². The highest BCUT2D eigenvalue weighted by Gasteiger charge is 2.41. The SMILES string of the molecule is C/C=C1\C(=O)C[C@H]2OCC[C@H]12. The lowest BCUT2D eigenvalue weighted by Gasteiger charge is -2.05. The Morgan fingerprint density at radius 2 is 2.45 bits per heavy atom. The molecule has 0 amide bonds. The van der Waals surface area contributed by atoms with E-state index in [9.17, 15) is 4.79 Å². The maximum absolute atomic E-state index is 11.3. The average Bonchev–Trinajstić information content (AvgIpc) is 2.46. The molecule has 1 saturated carbocycles. The number of rotatable bonds is 0. The zero-order chi connectivity index (χ0) is 7.84. The van der Waals surface area contributed by atoms with Crippen LogP contribution < -0.4 is 0 Å². The fraction of sp³-hybridized carbons (Fsp3) is 0.667. The van der Waals surface area contributed by atoms with Crippen LogP contribution in [0.2, 0.25) is 0 Å². The number of Topliss-reactive ketones (excluding diaryl/α,β-unsaturated/α-hetero) is 1. The van der Waals surface area contributed by atoms with Crippen LogP contribution in [0, 0.1) is 5.92 Å². The predicted octanol–water partition coefficient (Wildman–Crippen LogP) is 1.31. The molecule has 0 spiro atoms. The summed E-state index contributed by atoms with van der Waals surface area (Å²) in [6, 6.07) is 0. The summed E-state index contributed by atoms with van der Waals surface area (Å²) in [5.74, 6) is 0.717. The molecule has 60 valence electrons. The minimum Gasteiger partial charge on any atom is -0.377 e. The van der Waals surface area contributed by atoms with Crippen LogP contribution >= 0.6 is 0 Å². The number of carbonyl (C=O) groups excluding carboxylic acids is 1. The van der Waals surface area contributed by atoms with E-state index in [1.807, 2.05) is 13.0 Å². The highest BCUT2D eigenvalue weighted by Crippen LogP contribution is 2.37. The second kappa shape index (κ2) is 2.45. The molecule has 2 rings (SSSR count). The predicted molar refractivity (Wildman–Crippen MR) is 41.2 cm³/mol. The van der Waals surface area contributed by atoms with Crippen LogP contribution in [-0.4, -0.2) is 18.5 Å². The summed E-state index contributed by atoms with van der Waals surface area (Å²) >= 11 is 0. The Labute approximate surface area is 66.2 Å². The number of fused-ring (bicyclic) bond motifs is 1. The summed E-state index contributed by atoms with van der Waals surface area (Å²) in [7, 11) is 0. The number of ether oxygens (including phenoxy) is 1. The monoisotopic (exact) mass is 152 g/mol. The second-order valence-corrected chi connectivity index (χ2v) is 3.18. The molecular formula is C9H12O2. The van der Waals surface area contributed by atoms with Crippen LogP contribution in [-0.2, 0) is 9.53 Å². The van der Waals surface area contributed by atoms with E-state index in [1.165, 1.54) is 0 Å². The molecule has 2 aliphatic rings. The first-order chi connectivity index (χ1) is 5.33. The third kappa shape index (κ3) is 0.932. The maximum atomic E-state index is 11.3. The van der Waals surface area contributed by atoms with E-state index in [0.29, 0.717) is 18.1 Å². The van der Waals surface area contributed by atoms with E-state index in [4.69, 9.17) is 4.74 Å². The highest BCUT2D eigenvalue weighted by atomic mass is 16.5. The third-order valence-corrected chi connectivity index (χ3v) is 2.63. The van der Waals surface area contributed by atoms with Gasteiger partial charge in [-0.15, -0.1) is 0 Å². The van der Waals surface area contributed by atoms with Gasteiger partial charge in [-0.2, -0.15) is 0 Å². The molecule has 2 atom stereocenters. The molecule has 2 fully saturated rings. The van der Waals surface area contributed by atoms with E-state index in [1.54, 1.807) is 0 Å². The Hall–Kier alpha value is -0.630. The molecule has 0 bridgehead atoms. The van der Waals surface area contributed by atoms with Gasteiger partial charge in [0, 0.05) is 18.9 Å². The molecule has 0 N–H and O–H groups in total. The molecule has 0 aromatic rings. The van der Waals surface area contributed by atoms with Crippen LogP contribution in [0.15, 0.2) is 11.6 Å². The molecule has 0 unspecified atom stereocenters. The van der Waals surface area contributed by atoms with Crippen molar-refractivity contribution < 1.29 is 9.53 Å². The summed E-state index contributed by atoms with van der Waals surface area (Å²) in [5.41, 5.74) is 1.01. The number of hydrogen-bond acceptors (Lipinski definition) is 2. The van der Waals surface area contributed by atoms with Gasteiger partial charge in [0.15, 0.2) is 5.78 Å². The Morgan fingerprint density at radius 3 is 3.18 bits per heavy atom. The Morgan fingerprint density at radius 1 is 1.64 bits per heavy atom. The summed E-state index contributed by atoms with van der Waals surface area (Å²) in [6.07, 6.45) is 3.82. The molecule has 1 saturated heterocycles. The Kier molecular flexibility index (Phi) is 1.57.